The molecule has 0 saturated heterocycles. The van der Waals surface area contributed by atoms with Crippen LogP contribution in [0.4, 0.5) is 11.5 Å². The fraction of sp³-hybridized carbons (Fsp3) is 0.320. The first kappa shape index (κ1) is 21.6. The Hall–Kier alpha value is -3.61. The zero-order valence-electron chi connectivity index (χ0n) is 18.7. The lowest BCUT2D eigenvalue weighted by molar-refractivity contribution is -0.155. The van der Waals surface area contributed by atoms with Crippen molar-refractivity contribution < 1.29 is 19.1 Å². The van der Waals surface area contributed by atoms with E-state index >= 15 is 0 Å². The van der Waals surface area contributed by atoms with Gasteiger partial charge in [-0.05, 0) is 51.5 Å². The lowest BCUT2D eigenvalue weighted by Gasteiger charge is -2.39. The highest BCUT2D eigenvalue weighted by Crippen LogP contribution is 2.46. The summed E-state index contributed by atoms with van der Waals surface area (Å²) in [5.74, 6) is -0.247. The van der Waals surface area contributed by atoms with Gasteiger partial charge in [-0.15, -0.1) is 0 Å². The quantitative estimate of drug-likeness (QED) is 0.529. The van der Waals surface area contributed by atoms with Gasteiger partial charge in [0, 0.05) is 5.69 Å². The van der Waals surface area contributed by atoms with Gasteiger partial charge in [0.25, 0.3) is 0 Å². The molecule has 0 N–H and O–H groups in total. The maximum absolute atomic E-state index is 12.9. The first-order valence-electron chi connectivity index (χ1n) is 10.7. The molecule has 4 rings (SSSR count). The lowest BCUT2D eigenvalue weighted by Crippen LogP contribution is -2.35. The third-order valence-electron chi connectivity index (χ3n) is 5.12. The number of aromatic nitrogens is 2. The molecule has 0 saturated carbocycles. The van der Waals surface area contributed by atoms with E-state index < -0.39 is 11.6 Å². The zero-order chi connectivity index (χ0) is 22.9. The molecule has 2 heterocycles. The minimum Gasteiger partial charge on any atom is -0.461 e. The number of rotatable bonds is 5. The number of esters is 2. The Morgan fingerprint density at radius 3 is 2.41 bits per heavy atom. The van der Waals surface area contributed by atoms with Crippen molar-refractivity contribution in [1.82, 2.24) is 9.55 Å². The van der Waals surface area contributed by atoms with Gasteiger partial charge in [0.2, 0.25) is 0 Å². The summed E-state index contributed by atoms with van der Waals surface area (Å²) in [6.45, 7) is 7.55. The molecule has 0 aliphatic carbocycles. The van der Waals surface area contributed by atoms with Crippen LogP contribution in [-0.2, 0) is 14.3 Å². The van der Waals surface area contributed by atoms with Gasteiger partial charge in [0.1, 0.15) is 11.9 Å². The number of benzene rings is 2. The van der Waals surface area contributed by atoms with Crippen LogP contribution in [0.15, 0.2) is 60.9 Å². The zero-order valence-corrected chi connectivity index (χ0v) is 18.7. The molecule has 1 aliphatic heterocycles. The molecular weight excluding hydrogens is 406 g/mol. The summed E-state index contributed by atoms with van der Waals surface area (Å²) < 4.78 is 12.8. The van der Waals surface area contributed by atoms with Crippen molar-refractivity contribution in [2.75, 3.05) is 11.5 Å². The standard InChI is InChI=1S/C25H27N3O4/c1-5-31-24(30)22-23-27(16-26-22)19-14-10-9-13-18(19)20(15-21(29)32-25(2,3)4)28(23)17-11-7-6-8-12-17/h6-14,16,20H,5,15H2,1-4H3. The number of carbonyl (C=O) groups is 2. The SMILES string of the molecule is CCOC(=O)c1ncn2c1N(c1ccccc1)C(CC(=O)OC(C)(C)C)c1ccccc1-2. The average Bonchev–Trinajstić information content (AvgIpc) is 3.18. The Bertz CT molecular complexity index is 1130. The molecule has 1 aromatic heterocycles. The summed E-state index contributed by atoms with van der Waals surface area (Å²) in [5.41, 5.74) is 2.26. The monoisotopic (exact) mass is 433 g/mol. The van der Waals surface area contributed by atoms with E-state index in [1.807, 2.05) is 84.8 Å². The van der Waals surface area contributed by atoms with Gasteiger partial charge < -0.3 is 14.4 Å². The van der Waals surface area contributed by atoms with Gasteiger partial charge in [-0.3, -0.25) is 9.36 Å². The molecule has 1 unspecified atom stereocenters. The Morgan fingerprint density at radius 1 is 1.03 bits per heavy atom. The first-order chi connectivity index (χ1) is 15.3. The second-order valence-corrected chi connectivity index (χ2v) is 8.58. The molecule has 32 heavy (non-hydrogen) atoms. The van der Waals surface area contributed by atoms with E-state index in [4.69, 9.17) is 9.47 Å². The van der Waals surface area contributed by atoms with Crippen molar-refractivity contribution in [3.8, 4) is 5.69 Å². The summed E-state index contributed by atoms with van der Waals surface area (Å²) in [6.07, 6.45) is 1.73. The average molecular weight is 434 g/mol. The minimum atomic E-state index is -0.597. The van der Waals surface area contributed by atoms with Crippen LogP contribution >= 0.6 is 0 Å². The van der Waals surface area contributed by atoms with E-state index in [9.17, 15) is 9.59 Å². The number of fused-ring (bicyclic) bond motifs is 3. The van der Waals surface area contributed by atoms with Crippen LogP contribution in [0.3, 0.4) is 0 Å². The van der Waals surface area contributed by atoms with E-state index in [2.05, 4.69) is 4.98 Å². The largest absolute Gasteiger partial charge is 0.461 e. The molecular formula is C25H27N3O4. The maximum Gasteiger partial charge on any atom is 0.360 e. The number of nitrogens with zero attached hydrogens (tertiary/aromatic N) is 3. The fourth-order valence-electron chi connectivity index (χ4n) is 4.00. The Balaban J connectivity index is 1.90. The van der Waals surface area contributed by atoms with Crippen LogP contribution in [-0.4, -0.2) is 33.7 Å². The molecule has 7 heteroatoms. The molecule has 7 nitrogen and oxygen atoms in total. The maximum atomic E-state index is 12.9. The number of carbonyl (C=O) groups excluding carboxylic acids is 2. The van der Waals surface area contributed by atoms with Crippen molar-refractivity contribution in [3.63, 3.8) is 0 Å². The summed E-state index contributed by atoms with van der Waals surface area (Å²) in [7, 11) is 0. The number of imidazole rings is 1. The normalized spacial score (nSPS) is 15.0. The van der Waals surface area contributed by atoms with E-state index in [1.165, 1.54) is 0 Å². The van der Waals surface area contributed by atoms with Crippen LogP contribution in [0, 0.1) is 0 Å². The van der Waals surface area contributed by atoms with E-state index in [0.29, 0.717) is 5.82 Å². The van der Waals surface area contributed by atoms with Crippen molar-refractivity contribution in [3.05, 3.63) is 72.2 Å². The minimum absolute atomic E-state index is 0.108. The van der Waals surface area contributed by atoms with Gasteiger partial charge in [-0.25, -0.2) is 9.78 Å². The van der Waals surface area contributed by atoms with Crippen molar-refractivity contribution in [2.24, 2.45) is 0 Å². The Kier molecular flexibility index (Phi) is 5.74. The summed E-state index contributed by atoms with van der Waals surface area (Å²) >= 11 is 0. The molecule has 2 aromatic carbocycles. The molecule has 0 spiro atoms. The van der Waals surface area contributed by atoms with Crippen LogP contribution in [0.5, 0.6) is 0 Å². The van der Waals surface area contributed by atoms with Crippen molar-refractivity contribution >= 4 is 23.4 Å². The number of hydrogen-bond acceptors (Lipinski definition) is 6. The topological polar surface area (TPSA) is 73.7 Å². The molecule has 3 aromatic rings. The first-order valence-corrected chi connectivity index (χ1v) is 10.7. The Labute approximate surface area is 187 Å². The highest BCUT2D eigenvalue weighted by molar-refractivity contribution is 5.95. The number of para-hydroxylation sites is 2. The predicted molar refractivity (Wildman–Crippen MR) is 121 cm³/mol. The second kappa shape index (κ2) is 8.49. The smallest absolute Gasteiger partial charge is 0.360 e. The van der Waals surface area contributed by atoms with Crippen LogP contribution in [0.2, 0.25) is 0 Å². The molecule has 0 fully saturated rings. The molecule has 166 valence electrons. The predicted octanol–water partition coefficient (Wildman–Crippen LogP) is 4.97. The Morgan fingerprint density at radius 2 is 1.72 bits per heavy atom. The summed E-state index contributed by atoms with van der Waals surface area (Å²) in [6, 6.07) is 17.1. The molecule has 0 bridgehead atoms. The fourth-order valence-corrected chi connectivity index (χ4v) is 4.00. The number of hydrogen-bond donors (Lipinski definition) is 0. The van der Waals surface area contributed by atoms with Crippen LogP contribution in [0.1, 0.15) is 56.2 Å². The van der Waals surface area contributed by atoms with Crippen molar-refractivity contribution in [2.45, 2.75) is 45.8 Å². The van der Waals surface area contributed by atoms with Gasteiger partial charge in [0.05, 0.1) is 24.8 Å². The molecule has 1 aliphatic rings. The number of ether oxygens (including phenoxy) is 2. The molecule has 0 radical (unpaired) electrons. The van der Waals surface area contributed by atoms with Crippen molar-refractivity contribution in [1.29, 1.82) is 0 Å². The van der Waals surface area contributed by atoms with E-state index in [0.717, 1.165) is 16.9 Å². The lowest BCUT2D eigenvalue weighted by atomic mass is 9.96. The highest BCUT2D eigenvalue weighted by Gasteiger charge is 2.38. The molecule has 0 amide bonds. The van der Waals surface area contributed by atoms with Crippen LogP contribution in [0.25, 0.3) is 5.69 Å². The second-order valence-electron chi connectivity index (χ2n) is 8.58. The van der Waals surface area contributed by atoms with Gasteiger partial charge in [-0.2, -0.15) is 0 Å². The third-order valence-corrected chi connectivity index (χ3v) is 5.12. The van der Waals surface area contributed by atoms with Gasteiger partial charge in [-0.1, -0.05) is 36.4 Å². The highest BCUT2D eigenvalue weighted by atomic mass is 16.6. The summed E-state index contributed by atoms with van der Waals surface area (Å²) in [4.78, 5) is 32.1. The van der Waals surface area contributed by atoms with Gasteiger partial charge in [0.15, 0.2) is 11.5 Å². The van der Waals surface area contributed by atoms with E-state index in [-0.39, 0.29) is 30.7 Å². The van der Waals surface area contributed by atoms with Gasteiger partial charge >= 0.3 is 11.9 Å². The number of anilines is 2. The third kappa shape index (κ3) is 4.10. The summed E-state index contributed by atoms with van der Waals surface area (Å²) in [5, 5.41) is 0. The van der Waals surface area contributed by atoms with Crippen LogP contribution < -0.4 is 4.90 Å². The molecule has 1 atom stereocenters. The van der Waals surface area contributed by atoms with E-state index in [1.54, 1.807) is 13.3 Å².